The Hall–Kier alpha value is -3.29. The summed E-state index contributed by atoms with van der Waals surface area (Å²) >= 11 is 0. The minimum Gasteiger partial charge on any atom is -0.550 e. The average Bonchev–Trinajstić information content (AvgIpc) is 3.72. The first-order valence-corrected chi connectivity index (χ1v) is 13.6. The number of carboxylic acid groups (broad SMARTS) is 1. The van der Waals surface area contributed by atoms with Crippen LogP contribution in [0.25, 0.3) is 0 Å². The molecule has 2 aromatic rings. The number of rotatable bonds is 9. The molecule has 3 aliphatic heterocycles. The Morgan fingerprint density at radius 2 is 1.90 bits per heavy atom. The summed E-state index contributed by atoms with van der Waals surface area (Å²) < 4.78 is 25.2. The number of aliphatic carboxylic acids is 1. The maximum atomic E-state index is 12.9. The lowest BCUT2D eigenvalue weighted by molar-refractivity contribution is -0.308. The molecule has 1 aliphatic carbocycles. The van der Waals surface area contributed by atoms with E-state index in [-0.39, 0.29) is 55.7 Å². The van der Waals surface area contributed by atoms with Crippen molar-refractivity contribution >= 4 is 17.6 Å². The zero-order valence-electron chi connectivity index (χ0n) is 21.7. The van der Waals surface area contributed by atoms with E-state index >= 15 is 0 Å². The van der Waals surface area contributed by atoms with E-state index < -0.39 is 11.4 Å². The lowest BCUT2D eigenvalue weighted by atomic mass is 9.79. The second kappa shape index (κ2) is 11.1. The van der Waals surface area contributed by atoms with Crippen LogP contribution in [0.3, 0.4) is 0 Å². The first-order valence-electron chi connectivity index (χ1n) is 13.6. The van der Waals surface area contributed by atoms with Crippen LogP contribution in [0, 0.1) is 5.41 Å². The highest BCUT2D eigenvalue weighted by atomic mass is 16.6. The summed E-state index contributed by atoms with van der Waals surface area (Å²) in [5.74, 6) is -0.686. The van der Waals surface area contributed by atoms with E-state index in [0.717, 1.165) is 44.5 Å². The van der Waals surface area contributed by atoms with E-state index in [1.165, 1.54) is 0 Å². The summed E-state index contributed by atoms with van der Waals surface area (Å²) in [6.45, 7) is 3.59. The molecule has 13 nitrogen and oxygen atoms in total. The monoisotopic (exact) mass is 541 g/mol. The van der Waals surface area contributed by atoms with Crippen LogP contribution < -0.4 is 20.1 Å². The Kier molecular flexibility index (Phi) is 7.36. The number of carboxylic acids is 1. The van der Waals surface area contributed by atoms with Gasteiger partial charge in [-0.1, -0.05) is 24.0 Å². The van der Waals surface area contributed by atoms with Gasteiger partial charge in [0.1, 0.15) is 24.0 Å². The number of hydrogen-bond donors (Lipinski definition) is 1. The summed E-state index contributed by atoms with van der Waals surface area (Å²) in [5.41, 5.74) is 0.509. The van der Waals surface area contributed by atoms with Crippen molar-refractivity contribution in [2.75, 3.05) is 44.4 Å². The zero-order valence-corrected chi connectivity index (χ0v) is 21.7. The fourth-order valence-corrected chi connectivity index (χ4v) is 6.39. The van der Waals surface area contributed by atoms with Gasteiger partial charge in [-0.3, -0.25) is 4.79 Å². The number of ether oxygens (including phenoxy) is 4. The summed E-state index contributed by atoms with van der Waals surface area (Å²) in [5, 5.41) is 26.4. The number of fused-ring (bicyclic) bond motifs is 1. The van der Waals surface area contributed by atoms with Crippen molar-refractivity contribution in [2.45, 2.75) is 62.8 Å². The first-order chi connectivity index (χ1) is 19.0. The number of aromatic nitrogens is 4. The predicted molar refractivity (Wildman–Crippen MR) is 133 cm³/mol. The molecule has 1 N–H and O–H groups in total. The van der Waals surface area contributed by atoms with Crippen molar-refractivity contribution in [2.24, 2.45) is 5.41 Å². The second-order valence-electron chi connectivity index (χ2n) is 10.9. The fourth-order valence-electron chi connectivity index (χ4n) is 6.39. The molecule has 6 rings (SSSR count). The van der Waals surface area contributed by atoms with Crippen molar-refractivity contribution in [3.63, 3.8) is 0 Å². The molecule has 0 radical (unpaired) electrons. The van der Waals surface area contributed by atoms with E-state index in [0.29, 0.717) is 25.6 Å². The van der Waals surface area contributed by atoms with Crippen molar-refractivity contribution in [3.05, 3.63) is 24.3 Å². The van der Waals surface area contributed by atoms with E-state index in [4.69, 9.17) is 18.9 Å². The number of anilines is 1. The van der Waals surface area contributed by atoms with Crippen LogP contribution in [0.1, 0.15) is 44.6 Å². The number of carbonyl (C=O) groups excluding carboxylic acids is 2. The Balaban J connectivity index is 1.09. The third-order valence-electron chi connectivity index (χ3n) is 8.27. The third kappa shape index (κ3) is 5.56. The first kappa shape index (κ1) is 26.0. The number of hydrogen-bond acceptors (Lipinski definition) is 11. The number of nitrogens with one attached hydrogen (secondary N) is 1. The normalized spacial score (nSPS) is 27.8. The zero-order chi connectivity index (χ0) is 26.8. The maximum absolute atomic E-state index is 12.9. The number of amides is 1. The molecule has 4 aliphatic rings. The molecule has 13 heteroatoms. The SMILES string of the molecule is O=C([O-])CC1(CC(=O)N[C@H]2CO[C@H]3[C@@H]2OC[C@@H]3n2nnnc2Oc2cccc(N3CCOCC3)c2)CCCC1. The highest BCUT2D eigenvalue weighted by Gasteiger charge is 2.50. The summed E-state index contributed by atoms with van der Waals surface area (Å²) in [7, 11) is 0. The average molecular weight is 542 g/mol. The molecule has 0 spiro atoms. The molecule has 4 atom stereocenters. The molecule has 0 bridgehead atoms. The lowest BCUT2D eigenvalue weighted by Gasteiger charge is -2.29. The van der Waals surface area contributed by atoms with E-state index in [1.54, 1.807) is 4.68 Å². The number of tetrazole rings is 1. The quantitative estimate of drug-likeness (QED) is 0.464. The molecule has 210 valence electrons. The molecular weight excluding hydrogens is 508 g/mol. The van der Waals surface area contributed by atoms with Crippen LogP contribution >= 0.6 is 0 Å². The largest absolute Gasteiger partial charge is 0.550 e. The Morgan fingerprint density at radius 1 is 1.10 bits per heavy atom. The summed E-state index contributed by atoms with van der Waals surface area (Å²) in [6.07, 6.45) is 2.62. The van der Waals surface area contributed by atoms with Gasteiger partial charge < -0.3 is 39.1 Å². The van der Waals surface area contributed by atoms with Crippen LogP contribution in [0.4, 0.5) is 5.69 Å². The summed E-state index contributed by atoms with van der Waals surface area (Å²) in [6, 6.07) is 7.32. The van der Waals surface area contributed by atoms with E-state index in [2.05, 4.69) is 25.7 Å². The van der Waals surface area contributed by atoms with E-state index in [9.17, 15) is 14.7 Å². The second-order valence-corrected chi connectivity index (χ2v) is 10.9. The smallest absolute Gasteiger partial charge is 0.341 e. The lowest BCUT2D eigenvalue weighted by Crippen LogP contribution is -2.46. The number of nitrogens with zero attached hydrogens (tertiary/aromatic N) is 5. The van der Waals surface area contributed by atoms with Gasteiger partial charge in [0.25, 0.3) is 0 Å². The van der Waals surface area contributed by atoms with Gasteiger partial charge >= 0.3 is 6.01 Å². The number of benzene rings is 1. The number of morpholine rings is 1. The van der Waals surface area contributed by atoms with Gasteiger partial charge in [0.05, 0.1) is 32.5 Å². The molecular formula is C26H33N6O7-. The van der Waals surface area contributed by atoms with Crippen molar-refractivity contribution < 1.29 is 33.6 Å². The van der Waals surface area contributed by atoms with Crippen LogP contribution in [0.15, 0.2) is 24.3 Å². The van der Waals surface area contributed by atoms with Gasteiger partial charge in [0, 0.05) is 37.2 Å². The number of carbonyl (C=O) groups is 2. The highest BCUT2D eigenvalue weighted by molar-refractivity contribution is 5.78. The van der Waals surface area contributed by atoms with Gasteiger partial charge in [-0.2, -0.15) is 4.68 Å². The van der Waals surface area contributed by atoms with Gasteiger partial charge in [-0.15, -0.1) is 0 Å². The minimum absolute atomic E-state index is 0.0936. The molecule has 0 unspecified atom stereocenters. The van der Waals surface area contributed by atoms with Crippen molar-refractivity contribution in [1.29, 1.82) is 0 Å². The Bertz CT molecular complexity index is 1180. The third-order valence-corrected chi connectivity index (χ3v) is 8.27. The molecule has 3 saturated heterocycles. The predicted octanol–water partition coefficient (Wildman–Crippen LogP) is 0.216. The summed E-state index contributed by atoms with van der Waals surface area (Å²) in [4.78, 5) is 26.5. The van der Waals surface area contributed by atoms with Crippen LogP contribution in [-0.2, 0) is 23.8 Å². The molecule has 4 fully saturated rings. The topological polar surface area (TPSA) is 153 Å². The molecule has 1 aromatic heterocycles. The minimum atomic E-state index is -1.11. The van der Waals surface area contributed by atoms with Gasteiger partial charge in [-0.25, -0.2) is 0 Å². The standard InChI is InChI=1S/C26H34N6O7/c33-21(13-26(14-22(34)35)6-1-2-7-26)27-19-15-37-24-20(16-38-23(19)24)32-25(28-29-30-32)39-18-5-3-4-17(12-18)31-8-10-36-11-9-31/h3-5,12,19-20,23-24H,1-2,6-11,13-16H2,(H,27,33)(H,34,35)/p-1/t19-,20-,23+,24+/m0/s1. The Labute approximate surface area is 225 Å². The Morgan fingerprint density at radius 3 is 2.69 bits per heavy atom. The van der Waals surface area contributed by atoms with Crippen molar-refractivity contribution in [1.82, 2.24) is 25.5 Å². The molecule has 1 amide bonds. The van der Waals surface area contributed by atoms with Crippen molar-refractivity contribution in [3.8, 4) is 11.8 Å². The van der Waals surface area contributed by atoms with Gasteiger partial charge in [0.15, 0.2) is 0 Å². The molecule has 39 heavy (non-hydrogen) atoms. The fraction of sp³-hybridized carbons (Fsp3) is 0.654. The van der Waals surface area contributed by atoms with Gasteiger partial charge in [-0.05, 0) is 47.2 Å². The van der Waals surface area contributed by atoms with Crippen LogP contribution in [0.5, 0.6) is 11.8 Å². The molecule has 1 aromatic carbocycles. The van der Waals surface area contributed by atoms with Crippen LogP contribution in [0.2, 0.25) is 0 Å². The van der Waals surface area contributed by atoms with Crippen LogP contribution in [-0.4, -0.2) is 89.9 Å². The molecule has 4 heterocycles. The maximum Gasteiger partial charge on any atom is 0.341 e. The molecule has 1 saturated carbocycles. The van der Waals surface area contributed by atoms with E-state index in [1.807, 2.05) is 24.3 Å². The van der Waals surface area contributed by atoms with Gasteiger partial charge in [0.2, 0.25) is 5.91 Å². The highest BCUT2D eigenvalue weighted by Crippen LogP contribution is 2.44.